The van der Waals surface area contributed by atoms with Crippen molar-refractivity contribution in [1.29, 1.82) is 0 Å². The normalized spacial score (nSPS) is 14.8. The van der Waals surface area contributed by atoms with Gasteiger partial charge in [-0.1, -0.05) is 30.3 Å². The average Bonchev–Trinajstić information content (AvgIpc) is 3.33. The molecule has 11 heteroatoms. The molecule has 2 heterocycles. The largest absolute Gasteiger partial charge is 0.421 e. The number of carbonyl (C=O) groups is 1. The van der Waals surface area contributed by atoms with Crippen LogP contribution in [0, 0.1) is 6.92 Å². The number of piperazine rings is 1. The smallest absolute Gasteiger partial charge is 0.304 e. The number of aromatic nitrogens is 2. The number of hydrogen-bond donors (Lipinski definition) is 0. The molecule has 192 valence electrons. The number of nitrogens with zero attached hydrogens (tertiary/aromatic N) is 6. The average molecular weight is 513 g/mol. The second-order valence-electron chi connectivity index (χ2n) is 8.84. The second kappa shape index (κ2) is 11.2. The summed E-state index contributed by atoms with van der Waals surface area (Å²) in [6.07, 6.45) is 0. The Labute approximate surface area is 212 Å². The summed E-state index contributed by atoms with van der Waals surface area (Å²) in [4.78, 5) is 15.6. The number of aryl methyl sites for hydroxylation is 1. The minimum Gasteiger partial charge on any atom is -0.421 e. The van der Waals surface area contributed by atoms with Crippen LogP contribution >= 0.6 is 0 Å². The number of anilines is 1. The molecule has 0 spiro atoms. The van der Waals surface area contributed by atoms with E-state index in [0.717, 1.165) is 24.2 Å². The molecule has 1 saturated heterocycles. The summed E-state index contributed by atoms with van der Waals surface area (Å²) in [5.41, 5.74) is 2.20. The maximum absolute atomic E-state index is 13.7. The molecule has 0 atom stereocenters. The van der Waals surface area contributed by atoms with Crippen molar-refractivity contribution in [3.05, 3.63) is 66.1 Å². The molecule has 3 aromatic rings. The molecular weight excluding hydrogens is 480 g/mol. The van der Waals surface area contributed by atoms with Gasteiger partial charge in [-0.25, -0.2) is 0 Å². The van der Waals surface area contributed by atoms with Crippen molar-refractivity contribution >= 4 is 21.8 Å². The molecule has 0 N–H and O–H groups in total. The van der Waals surface area contributed by atoms with Gasteiger partial charge < -0.3 is 9.32 Å². The van der Waals surface area contributed by atoms with Crippen molar-refractivity contribution in [3.63, 3.8) is 0 Å². The predicted octanol–water partition coefficient (Wildman–Crippen LogP) is 2.39. The minimum absolute atomic E-state index is 0.0769. The fraction of sp³-hybridized carbons (Fsp3) is 0.400. The summed E-state index contributed by atoms with van der Waals surface area (Å²) in [6, 6.07) is 16.5. The fourth-order valence-electron chi connectivity index (χ4n) is 4.08. The lowest BCUT2D eigenvalue weighted by Crippen LogP contribution is -2.50. The Morgan fingerprint density at radius 3 is 2.25 bits per heavy atom. The monoisotopic (exact) mass is 512 g/mol. The number of para-hydroxylation sites is 1. The van der Waals surface area contributed by atoms with Gasteiger partial charge in [0.2, 0.25) is 17.7 Å². The van der Waals surface area contributed by atoms with Crippen molar-refractivity contribution in [2.75, 3.05) is 50.6 Å². The highest BCUT2D eigenvalue weighted by Gasteiger charge is 2.28. The van der Waals surface area contributed by atoms with Gasteiger partial charge in [0.25, 0.3) is 0 Å². The first-order chi connectivity index (χ1) is 17.2. The molecule has 2 aromatic carbocycles. The van der Waals surface area contributed by atoms with Crippen molar-refractivity contribution in [1.82, 2.24) is 24.3 Å². The third kappa shape index (κ3) is 6.10. The third-order valence-electron chi connectivity index (χ3n) is 6.32. The number of amides is 1. The fourth-order valence-corrected chi connectivity index (χ4v) is 5.43. The van der Waals surface area contributed by atoms with Crippen molar-refractivity contribution in [2.45, 2.75) is 20.4 Å². The van der Waals surface area contributed by atoms with Crippen LogP contribution in [-0.4, -0.2) is 84.9 Å². The van der Waals surface area contributed by atoms with E-state index in [1.165, 1.54) is 8.61 Å². The Kier molecular flexibility index (Phi) is 8.02. The first kappa shape index (κ1) is 25.8. The first-order valence-electron chi connectivity index (χ1n) is 11.9. The zero-order valence-corrected chi connectivity index (χ0v) is 21.7. The highest BCUT2D eigenvalue weighted by molar-refractivity contribution is 7.90. The number of carbonyl (C=O) groups excluding carboxylic acids is 1. The number of hydrogen-bond acceptors (Lipinski definition) is 7. The van der Waals surface area contributed by atoms with Crippen LogP contribution in [0.25, 0.3) is 11.5 Å². The van der Waals surface area contributed by atoms with E-state index in [0.29, 0.717) is 43.6 Å². The van der Waals surface area contributed by atoms with Gasteiger partial charge in [-0.15, -0.1) is 10.2 Å². The van der Waals surface area contributed by atoms with Gasteiger partial charge in [0.15, 0.2) is 0 Å². The first-order valence-corrected chi connectivity index (χ1v) is 13.3. The van der Waals surface area contributed by atoms with Gasteiger partial charge in [0.1, 0.15) is 0 Å². The van der Waals surface area contributed by atoms with Crippen LogP contribution in [0.15, 0.2) is 59.0 Å². The van der Waals surface area contributed by atoms with Crippen molar-refractivity contribution in [3.8, 4) is 11.5 Å². The van der Waals surface area contributed by atoms with Crippen LogP contribution in [0.3, 0.4) is 0 Å². The van der Waals surface area contributed by atoms with Crippen LogP contribution in [0.5, 0.6) is 0 Å². The lowest BCUT2D eigenvalue weighted by molar-refractivity contribution is -0.130. The molecule has 36 heavy (non-hydrogen) atoms. The molecule has 0 saturated carbocycles. The zero-order chi connectivity index (χ0) is 25.7. The third-order valence-corrected chi connectivity index (χ3v) is 8.19. The SMILES string of the molecule is CC(=O)N1CCN(CCN(C)S(=O)(=O)N(Cc2ccc(-c3nnc(C)o3)cc2)c2ccccc2)CC1. The predicted molar refractivity (Wildman–Crippen MR) is 137 cm³/mol. The topological polar surface area (TPSA) is 103 Å². The Bertz CT molecular complexity index is 1260. The van der Waals surface area contributed by atoms with E-state index in [1.807, 2.05) is 47.4 Å². The molecule has 0 radical (unpaired) electrons. The summed E-state index contributed by atoms with van der Waals surface area (Å²) in [5.74, 6) is 0.989. The van der Waals surface area contributed by atoms with Crippen molar-refractivity contribution < 1.29 is 17.6 Å². The molecule has 1 aliphatic rings. The molecule has 1 aliphatic heterocycles. The highest BCUT2D eigenvalue weighted by atomic mass is 32.2. The van der Waals surface area contributed by atoms with Crippen LogP contribution in [-0.2, 0) is 21.5 Å². The number of benzene rings is 2. The van der Waals surface area contributed by atoms with Gasteiger partial charge in [-0.3, -0.25) is 14.0 Å². The minimum atomic E-state index is -3.80. The van der Waals surface area contributed by atoms with Crippen LogP contribution in [0.4, 0.5) is 5.69 Å². The second-order valence-corrected chi connectivity index (χ2v) is 10.8. The molecule has 4 rings (SSSR count). The molecule has 0 bridgehead atoms. The van der Waals surface area contributed by atoms with Crippen LogP contribution < -0.4 is 4.31 Å². The van der Waals surface area contributed by atoms with Gasteiger partial charge >= 0.3 is 10.2 Å². The van der Waals surface area contributed by atoms with E-state index in [1.54, 1.807) is 33.0 Å². The summed E-state index contributed by atoms with van der Waals surface area (Å²) >= 11 is 0. The molecule has 1 amide bonds. The lowest BCUT2D eigenvalue weighted by atomic mass is 10.1. The summed E-state index contributed by atoms with van der Waals surface area (Å²) in [7, 11) is -2.19. The molecule has 10 nitrogen and oxygen atoms in total. The van der Waals surface area contributed by atoms with Gasteiger partial charge in [0, 0.05) is 65.7 Å². The Balaban J connectivity index is 1.46. The maximum Gasteiger partial charge on any atom is 0.304 e. The Morgan fingerprint density at radius 2 is 1.67 bits per heavy atom. The van der Waals surface area contributed by atoms with E-state index in [4.69, 9.17) is 4.42 Å². The number of likely N-dealkylation sites (N-methyl/N-ethyl adjacent to an activating group) is 1. The van der Waals surface area contributed by atoms with Gasteiger partial charge in [-0.05, 0) is 29.8 Å². The molecule has 0 aliphatic carbocycles. The molecule has 1 aromatic heterocycles. The Hall–Kier alpha value is -3.28. The van der Waals surface area contributed by atoms with E-state index in [2.05, 4.69) is 15.1 Å². The summed E-state index contributed by atoms with van der Waals surface area (Å²) < 4.78 is 35.7. The molecule has 1 fully saturated rings. The zero-order valence-electron chi connectivity index (χ0n) is 20.9. The highest BCUT2D eigenvalue weighted by Crippen LogP contribution is 2.24. The van der Waals surface area contributed by atoms with E-state index < -0.39 is 10.2 Å². The van der Waals surface area contributed by atoms with Crippen LogP contribution in [0.2, 0.25) is 0 Å². The van der Waals surface area contributed by atoms with Crippen molar-refractivity contribution in [2.24, 2.45) is 0 Å². The standard InChI is InChI=1S/C25H32N6O4S/c1-20-26-27-25(35-20)23-11-9-22(10-12-23)19-31(24-7-5-4-6-8-24)36(33,34)28(3)13-14-29-15-17-30(18-16-29)21(2)32/h4-12H,13-19H2,1-3H3. The summed E-state index contributed by atoms with van der Waals surface area (Å²) in [6.45, 7) is 7.25. The van der Waals surface area contributed by atoms with Gasteiger partial charge in [-0.2, -0.15) is 12.7 Å². The molecule has 0 unspecified atom stereocenters. The quantitative estimate of drug-likeness (QED) is 0.434. The van der Waals surface area contributed by atoms with E-state index in [9.17, 15) is 13.2 Å². The van der Waals surface area contributed by atoms with Gasteiger partial charge in [0.05, 0.1) is 12.2 Å². The van der Waals surface area contributed by atoms with E-state index >= 15 is 0 Å². The summed E-state index contributed by atoms with van der Waals surface area (Å²) in [5, 5.41) is 7.89. The van der Waals surface area contributed by atoms with E-state index in [-0.39, 0.29) is 12.5 Å². The lowest BCUT2D eigenvalue weighted by Gasteiger charge is -2.35. The Morgan fingerprint density at radius 1 is 1.00 bits per heavy atom. The number of rotatable bonds is 9. The van der Waals surface area contributed by atoms with Crippen LogP contribution in [0.1, 0.15) is 18.4 Å². The maximum atomic E-state index is 13.7. The molecular formula is C25H32N6O4S.